The van der Waals surface area contributed by atoms with Crippen molar-refractivity contribution in [1.29, 1.82) is 0 Å². The Bertz CT molecular complexity index is 552. The van der Waals surface area contributed by atoms with Crippen molar-refractivity contribution in [3.05, 3.63) is 40.7 Å². The average molecular weight is 274 g/mol. The van der Waals surface area contributed by atoms with Crippen LogP contribution < -0.4 is 0 Å². The lowest BCUT2D eigenvalue weighted by atomic mass is 10.1. The van der Waals surface area contributed by atoms with Gasteiger partial charge in [0.1, 0.15) is 11.4 Å². The molecule has 0 aliphatic heterocycles. The number of carbonyl (C=O) groups excluding carboxylic acids is 1. The van der Waals surface area contributed by atoms with Crippen molar-refractivity contribution in [3.63, 3.8) is 0 Å². The minimum atomic E-state index is -1.73. The van der Waals surface area contributed by atoms with Crippen molar-refractivity contribution in [3.8, 4) is 0 Å². The van der Waals surface area contributed by atoms with Gasteiger partial charge in [-0.15, -0.1) is 0 Å². The standard InChI is InChI=1S/C12H9F3O4/c1-2-19-12(18)7(11(16)17)5-6-8(13)3-4-9(14)10(6)15/h3-5H,2H2,1H3,(H,16,17). The van der Waals surface area contributed by atoms with E-state index in [0.717, 1.165) is 0 Å². The maximum atomic E-state index is 13.3. The Morgan fingerprint density at radius 3 is 2.37 bits per heavy atom. The van der Waals surface area contributed by atoms with Gasteiger partial charge in [-0.25, -0.2) is 22.8 Å². The number of hydrogen-bond donors (Lipinski definition) is 1. The molecule has 1 N–H and O–H groups in total. The van der Waals surface area contributed by atoms with Gasteiger partial charge in [-0.05, 0) is 25.1 Å². The van der Waals surface area contributed by atoms with E-state index in [1.54, 1.807) is 0 Å². The van der Waals surface area contributed by atoms with E-state index >= 15 is 0 Å². The number of ether oxygens (including phenoxy) is 1. The van der Waals surface area contributed by atoms with Crippen LogP contribution in [0.2, 0.25) is 0 Å². The normalized spacial score (nSPS) is 11.3. The van der Waals surface area contributed by atoms with Crippen molar-refractivity contribution in [2.45, 2.75) is 6.92 Å². The molecule has 19 heavy (non-hydrogen) atoms. The van der Waals surface area contributed by atoms with Crippen molar-refractivity contribution in [2.75, 3.05) is 6.61 Å². The van der Waals surface area contributed by atoms with E-state index in [1.807, 2.05) is 0 Å². The molecule has 1 aromatic carbocycles. The molecular weight excluding hydrogens is 265 g/mol. The van der Waals surface area contributed by atoms with Gasteiger partial charge >= 0.3 is 11.9 Å². The predicted octanol–water partition coefficient (Wildman–Crippen LogP) is 2.13. The van der Waals surface area contributed by atoms with Gasteiger partial charge < -0.3 is 9.84 Å². The van der Waals surface area contributed by atoms with E-state index in [0.29, 0.717) is 18.2 Å². The van der Waals surface area contributed by atoms with Crippen LogP contribution in [0.3, 0.4) is 0 Å². The van der Waals surface area contributed by atoms with Crippen LogP contribution in [-0.2, 0) is 14.3 Å². The SMILES string of the molecule is CCOC(=O)C(=Cc1c(F)ccc(F)c1F)C(=O)O. The number of carboxylic acids is 1. The summed E-state index contributed by atoms with van der Waals surface area (Å²) in [5, 5.41) is 8.77. The van der Waals surface area contributed by atoms with Gasteiger partial charge in [0.05, 0.1) is 12.2 Å². The third kappa shape index (κ3) is 3.34. The summed E-state index contributed by atoms with van der Waals surface area (Å²) in [6.07, 6.45) is 0.397. The van der Waals surface area contributed by atoms with Crippen LogP contribution >= 0.6 is 0 Å². The Morgan fingerprint density at radius 2 is 1.84 bits per heavy atom. The van der Waals surface area contributed by atoms with E-state index in [1.165, 1.54) is 6.92 Å². The monoisotopic (exact) mass is 274 g/mol. The number of hydrogen-bond acceptors (Lipinski definition) is 3. The Morgan fingerprint density at radius 1 is 1.26 bits per heavy atom. The summed E-state index contributed by atoms with van der Waals surface area (Å²) in [4.78, 5) is 22.1. The highest BCUT2D eigenvalue weighted by molar-refractivity contribution is 6.17. The summed E-state index contributed by atoms with van der Waals surface area (Å²) in [5.41, 5.74) is -1.95. The van der Waals surface area contributed by atoms with E-state index in [-0.39, 0.29) is 6.61 Å². The first-order valence-corrected chi connectivity index (χ1v) is 5.14. The molecular formula is C12H9F3O4. The third-order valence-corrected chi connectivity index (χ3v) is 2.09. The Kier molecular flexibility index (Phi) is 4.68. The number of carbonyl (C=O) groups is 2. The zero-order valence-electron chi connectivity index (χ0n) is 9.75. The Hall–Kier alpha value is -2.31. The second-order valence-corrected chi connectivity index (χ2v) is 3.34. The number of aliphatic carboxylic acids is 1. The highest BCUT2D eigenvalue weighted by atomic mass is 19.2. The van der Waals surface area contributed by atoms with Gasteiger partial charge in [0, 0.05) is 0 Å². The number of halogens is 3. The second-order valence-electron chi connectivity index (χ2n) is 3.34. The summed E-state index contributed by atoms with van der Waals surface area (Å²) in [7, 11) is 0. The summed E-state index contributed by atoms with van der Waals surface area (Å²) < 4.78 is 44.0. The lowest BCUT2D eigenvalue weighted by Gasteiger charge is -2.04. The molecule has 1 aromatic rings. The minimum absolute atomic E-state index is 0.114. The molecule has 0 aliphatic carbocycles. The smallest absolute Gasteiger partial charge is 0.345 e. The van der Waals surface area contributed by atoms with Crippen LogP contribution in [0.1, 0.15) is 12.5 Å². The summed E-state index contributed by atoms with van der Waals surface area (Å²) in [6.45, 7) is 1.32. The van der Waals surface area contributed by atoms with Gasteiger partial charge in [-0.3, -0.25) is 0 Å². The maximum absolute atomic E-state index is 13.3. The highest BCUT2D eigenvalue weighted by Crippen LogP contribution is 2.19. The number of esters is 1. The lowest BCUT2D eigenvalue weighted by molar-refractivity contribution is -0.143. The van der Waals surface area contributed by atoms with E-state index in [9.17, 15) is 22.8 Å². The fourth-order valence-corrected chi connectivity index (χ4v) is 1.24. The molecule has 0 atom stereocenters. The van der Waals surface area contributed by atoms with Gasteiger partial charge in [-0.2, -0.15) is 0 Å². The molecule has 0 unspecified atom stereocenters. The van der Waals surface area contributed by atoms with Gasteiger partial charge in [0.2, 0.25) is 0 Å². The molecule has 0 amide bonds. The minimum Gasteiger partial charge on any atom is -0.477 e. The maximum Gasteiger partial charge on any atom is 0.345 e. The van der Waals surface area contributed by atoms with Gasteiger partial charge in [-0.1, -0.05) is 0 Å². The molecule has 0 fully saturated rings. The highest BCUT2D eigenvalue weighted by Gasteiger charge is 2.21. The van der Waals surface area contributed by atoms with Crippen molar-refractivity contribution < 1.29 is 32.6 Å². The van der Waals surface area contributed by atoms with Crippen LogP contribution in [-0.4, -0.2) is 23.7 Å². The van der Waals surface area contributed by atoms with Crippen LogP contribution in [0.5, 0.6) is 0 Å². The zero-order valence-corrected chi connectivity index (χ0v) is 9.75. The quantitative estimate of drug-likeness (QED) is 0.300. The molecule has 0 saturated heterocycles. The molecule has 0 heterocycles. The Labute approximate surface area is 106 Å². The summed E-state index contributed by atoms with van der Waals surface area (Å²) in [6, 6.07) is 1.17. The first-order chi connectivity index (χ1) is 8.88. The van der Waals surface area contributed by atoms with Crippen LogP contribution in [0.25, 0.3) is 6.08 Å². The van der Waals surface area contributed by atoms with Crippen LogP contribution in [0, 0.1) is 17.5 Å². The molecule has 0 aromatic heterocycles. The molecule has 0 bridgehead atoms. The molecule has 1 rings (SSSR count). The topological polar surface area (TPSA) is 63.6 Å². The predicted molar refractivity (Wildman–Crippen MR) is 58.6 cm³/mol. The largest absolute Gasteiger partial charge is 0.477 e. The number of benzene rings is 1. The number of rotatable bonds is 4. The average Bonchev–Trinajstić information content (AvgIpc) is 2.34. The third-order valence-electron chi connectivity index (χ3n) is 2.09. The lowest BCUT2D eigenvalue weighted by Crippen LogP contribution is -2.15. The van der Waals surface area contributed by atoms with Gasteiger partial charge in [0.25, 0.3) is 0 Å². The fourth-order valence-electron chi connectivity index (χ4n) is 1.24. The molecule has 0 radical (unpaired) electrons. The first kappa shape index (κ1) is 14.7. The molecule has 0 aliphatic rings. The first-order valence-electron chi connectivity index (χ1n) is 5.14. The van der Waals surface area contributed by atoms with Crippen molar-refractivity contribution in [2.24, 2.45) is 0 Å². The summed E-state index contributed by atoms with van der Waals surface area (Å²) in [5.74, 6) is -7.13. The molecule has 0 saturated carbocycles. The molecule has 0 spiro atoms. The van der Waals surface area contributed by atoms with Crippen LogP contribution in [0.15, 0.2) is 17.7 Å². The molecule has 7 heteroatoms. The van der Waals surface area contributed by atoms with Crippen molar-refractivity contribution >= 4 is 18.0 Å². The van der Waals surface area contributed by atoms with E-state index in [2.05, 4.69) is 4.74 Å². The van der Waals surface area contributed by atoms with Crippen LogP contribution in [0.4, 0.5) is 13.2 Å². The summed E-state index contributed by atoms with van der Waals surface area (Å²) >= 11 is 0. The molecule has 102 valence electrons. The van der Waals surface area contributed by atoms with Gasteiger partial charge in [0.15, 0.2) is 11.6 Å². The zero-order chi connectivity index (χ0) is 14.6. The molecule has 4 nitrogen and oxygen atoms in total. The Balaban J connectivity index is 3.35. The van der Waals surface area contributed by atoms with Crippen molar-refractivity contribution in [1.82, 2.24) is 0 Å². The van der Waals surface area contributed by atoms with E-state index in [4.69, 9.17) is 5.11 Å². The fraction of sp³-hybridized carbons (Fsp3) is 0.167. The number of carboxylic acid groups (broad SMARTS) is 1. The van der Waals surface area contributed by atoms with E-state index < -0.39 is 40.5 Å². The second kappa shape index (κ2) is 6.03.